The second kappa shape index (κ2) is 3.15. The van der Waals surface area contributed by atoms with Gasteiger partial charge in [-0.2, -0.15) is 13.2 Å². The van der Waals surface area contributed by atoms with E-state index >= 15 is 0 Å². The summed E-state index contributed by atoms with van der Waals surface area (Å²) in [7, 11) is 1.71. The number of anilines is 1. The Morgan fingerprint density at radius 1 is 1.33 bits per heavy atom. The minimum Gasteiger partial charge on any atom is -0.288 e. The van der Waals surface area contributed by atoms with Gasteiger partial charge in [-0.3, -0.25) is 10.4 Å². The SMILES string of the molecule is CN1NC=Nc2cc(C(F)(F)F)ccc21. The second-order valence-electron chi connectivity index (χ2n) is 3.15. The Morgan fingerprint density at radius 2 is 2.07 bits per heavy atom. The number of nitrogens with one attached hydrogen (secondary N) is 1. The van der Waals surface area contributed by atoms with Crippen molar-refractivity contribution in [3.8, 4) is 0 Å². The lowest BCUT2D eigenvalue weighted by Gasteiger charge is -2.24. The number of hydrazine groups is 1. The molecular weight excluding hydrogens is 207 g/mol. The topological polar surface area (TPSA) is 27.6 Å². The zero-order chi connectivity index (χ0) is 11.1. The molecule has 6 heteroatoms. The van der Waals surface area contributed by atoms with Crippen molar-refractivity contribution in [3.63, 3.8) is 0 Å². The summed E-state index contributed by atoms with van der Waals surface area (Å²) in [6, 6.07) is 3.46. The monoisotopic (exact) mass is 215 g/mol. The van der Waals surface area contributed by atoms with E-state index in [2.05, 4.69) is 10.4 Å². The fraction of sp³-hybridized carbons (Fsp3) is 0.222. The van der Waals surface area contributed by atoms with E-state index in [0.29, 0.717) is 11.4 Å². The molecule has 15 heavy (non-hydrogen) atoms. The van der Waals surface area contributed by atoms with Crippen LogP contribution < -0.4 is 10.4 Å². The second-order valence-corrected chi connectivity index (χ2v) is 3.15. The zero-order valence-corrected chi connectivity index (χ0v) is 7.84. The Balaban J connectivity index is 2.48. The summed E-state index contributed by atoms with van der Waals surface area (Å²) in [5.41, 5.74) is 3.00. The molecule has 1 aliphatic heterocycles. The molecule has 80 valence electrons. The summed E-state index contributed by atoms with van der Waals surface area (Å²) in [6.07, 6.45) is -2.98. The minimum absolute atomic E-state index is 0.311. The number of benzene rings is 1. The van der Waals surface area contributed by atoms with Crippen LogP contribution in [0.1, 0.15) is 5.56 Å². The molecule has 0 spiro atoms. The highest BCUT2D eigenvalue weighted by molar-refractivity contribution is 5.78. The van der Waals surface area contributed by atoms with Gasteiger partial charge in [0.2, 0.25) is 0 Å². The molecule has 1 heterocycles. The molecule has 2 rings (SSSR count). The number of nitrogens with zero attached hydrogens (tertiary/aromatic N) is 2. The van der Waals surface area contributed by atoms with Crippen molar-refractivity contribution in [2.75, 3.05) is 12.1 Å². The van der Waals surface area contributed by atoms with E-state index in [1.165, 1.54) is 12.4 Å². The Kier molecular flexibility index (Phi) is 2.06. The predicted molar refractivity (Wildman–Crippen MR) is 51.1 cm³/mol. The molecule has 0 saturated heterocycles. The van der Waals surface area contributed by atoms with Gasteiger partial charge in [0.25, 0.3) is 0 Å². The lowest BCUT2D eigenvalue weighted by atomic mass is 10.1. The van der Waals surface area contributed by atoms with Gasteiger partial charge >= 0.3 is 6.18 Å². The van der Waals surface area contributed by atoms with Crippen LogP contribution in [0.2, 0.25) is 0 Å². The predicted octanol–water partition coefficient (Wildman–Crippen LogP) is 2.32. The highest BCUT2D eigenvalue weighted by Crippen LogP contribution is 2.36. The average Bonchev–Trinajstić information content (AvgIpc) is 2.16. The maximum atomic E-state index is 12.4. The smallest absolute Gasteiger partial charge is 0.288 e. The van der Waals surface area contributed by atoms with Crippen molar-refractivity contribution < 1.29 is 13.2 Å². The first-order valence-corrected chi connectivity index (χ1v) is 4.22. The van der Waals surface area contributed by atoms with Crippen molar-refractivity contribution in [1.82, 2.24) is 5.43 Å². The number of halogens is 3. The molecule has 0 fully saturated rings. The van der Waals surface area contributed by atoms with Crippen molar-refractivity contribution in [3.05, 3.63) is 23.8 Å². The van der Waals surface area contributed by atoms with Crippen molar-refractivity contribution >= 4 is 17.7 Å². The normalized spacial score (nSPS) is 14.8. The minimum atomic E-state index is -4.33. The van der Waals surface area contributed by atoms with E-state index in [4.69, 9.17) is 0 Å². The summed E-state index contributed by atoms with van der Waals surface area (Å²) in [4.78, 5) is 3.84. The Labute approximate surface area is 84.2 Å². The van der Waals surface area contributed by atoms with Gasteiger partial charge in [0.05, 0.1) is 16.9 Å². The number of hydrogen-bond donors (Lipinski definition) is 1. The molecule has 0 aliphatic carbocycles. The van der Waals surface area contributed by atoms with Gasteiger partial charge in [-0.15, -0.1) is 0 Å². The number of hydrogen-bond acceptors (Lipinski definition) is 3. The van der Waals surface area contributed by atoms with Crippen molar-refractivity contribution in [1.29, 1.82) is 0 Å². The Bertz CT molecular complexity index is 412. The van der Waals surface area contributed by atoms with Crippen LogP contribution in [-0.4, -0.2) is 13.4 Å². The van der Waals surface area contributed by atoms with E-state index < -0.39 is 11.7 Å². The maximum Gasteiger partial charge on any atom is 0.416 e. The van der Waals surface area contributed by atoms with E-state index in [-0.39, 0.29) is 0 Å². The van der Waals surface area contributed by atoms with E-state index in [0.717, 1.165) is 12.1 Å². The number of aliphatic imine (C=N–C) groups is 1. The molecule has 0 radical (unpaired) electrons. The largest absolute Gasteiger partial charge is 0.416 e. The van der Waals surface area contributed by atoms with Gasteiger partial charge < -0.3 is 0 Å². The van der Waals surface area contributed by atoms with Crippen LogP contribution in [0.3, 0.4) is 0 Å². The van der Waals surface area contributed by atoms with E-state index in [9.17, 15) is 13.2 Å². The molecule has 1 aromatic rings. The molecule has 0 atom stereocenters. The number of fused-ring (bicyclic) bond motifs is 1. The lowest BCUT2D eigenvalue weighted by molar-refractivity contribution is -0.137. The van der Waals surface area contributed by atoms with Crippen LogP contribution in [0.5, 0.6) is 0 Å². The molecule has 0 unspecified atom stereocenters. The Morgan fingerprint density at radius 3 is 2.73 bits per heavy atom. The zero-order valence-electron chi connectivity index (χ0n) is 7.84. The quantitative estimate of drug-likeness (QED) is 0.719. The molecule has 3 nitrogen and oxygen atoms in total. The van der Waals surface area contributed by atoms with Crippen molar-refractivity contribution in [2.45, 2.75) is 6.18 Å². The van der Waals surface area contributed by atoms with E-state index in [1.807, 2.05) is 0 Å². The summed E-state index contributed by atoms with van der Waals surface area (Å²) in [6.45, 7) is 0. The van der Waals surface area contributed by atoms with Crippen LogP contribution in [0, 0.1) is 0 Å². The maximum absolute atomic E-state index is 12.4. The molecule has 1 N–H and O–H groups in total. The van der Waals surface area contributed by atoms with E-state index in [1.54, 1.807) is 12.1 Å². The first kappa shape index (κ1) is 9.82. The number of rotatable bonds is 0. The van der Waals surface area contributed by atoms with Gasteiger partial charge in [-0.05, 0) is 18.2 Å². The lowest BCUT2D eigenvalue weighted by Crippen LogP contribution is -2.35. The highest BCUT2D eigenvalue weighted by atomic mass is 19.4. The summed E-state index contributed by atoms with van der Waals surface area (Å²) >= 11 is 0. The van der Waals surface area contributed by atoms with Crippen LogP contribution in [0.25, 0.3) is 0 Å². The number of alkyl halides is 3. The van der Waals surface area contributed by atoms with Crippen LogP contribution in [-0.2, 0) is 6.18 Å². The molecule has 1 aromatic carbocycles. The molecule has 0 saturated carbocycles. The molecular formula is C9H8F3N3. The molecule has 1 aliphatic rings. The first-order chi connectivity index (χ1) is 6.98. The van der Waals surface area contributed by atoms with Crippen LogP contribution in [0.4, 0.5) is 24.5 Å². The van der Waals surface area contributed by atoms with Gasteiger partial charge in [0.15, 0.2) is 0 Å². The summed E-state index contributed by atoms with van der Waals surface area (Å²) in [5, 5.41) is 1.60. The first-order valence-electron chi connectivity index (χ1n) is 4.22. The van der Waals surface area contributed by atoms with Crippen LogP contribution in [0.15, 0.2) is 23.2 Å². The molecule has 0 bridgehead atoms. The summed E-state index contributed by atoms with van der Waals surface area (Å²) < 4.78 is 37.1. The highest BCUT2D eigenvalue weighted by Gasteiger charge is 2.31. The molecule has 0 aromatic heterocycles. The van der Waals surface area contributed by atoms with Crippen LogP contribution >= 0.6 is 0 Å². The standard InChI is InChI=1S/C9H8F3N3/c1-15-8-3-2-6(9(10,11)12)4-7(8)13-5-14-15/h2-5H,1H3,(H,13,14). The average molecular weight is 215 g/mol. The van der Waals surface area contributed by atoms with Crippen molar-refractivity contribution in [2.24, 2.45) is 4.99 Å². The van der Waals surface area contributed by atoms with Gasteiger partial charge in [0.1, 0.15) is 6.34 Å². The van der Waals surface area contributed by atoms with Gasteiger partial charge in [-0.1, -0.05) is 0 Å². The summed E-state index contributed by atoms with van der Waals surface area (Å²) in [5.74, 6) is 0. The third kappa shape index (κ3) is 1.74. The van der Waals surface area contributed by atoms with Gasteiger partial charge in [-0.25, -0.2) is 4.99 Å². The fourth-order valence-corrected chi connectivity index (χ4v) is 1.34. The third-order valence-electron chi connectivity index (χ3n) is 2.12. The third-order valence-corrected chi connectivity index (χ3v) is 2.12. The Hall–Kier alpha value is -1.72. The molecule has 0 amide bonds. The fourth-order valence-electron chi connectivity index (χ4n) is 1.34. The van der Waals surface area contributed by atoms with Gasteiger partial charge in [0, 0.05) is 7.05 Å².